The first kappa shape index (κ1) is 26.3. The number of ether oxygens (including phenoxy) is 2. The third-order valence-corrected chi connectivity index (χ3v) is 8.54. The Morgan fingerprint density at radius 2 is 1.65 bits per heavy atom. The van der Waals surface area contributed by atoms with Crippen molar-refractivity contribution < 1.29 is 27.5 Å². The molecule has 1 amide bonds. The van der Waals surface area contributed by atoms with Crippen LogP contribution in [0.3, 0.4) is 0 Å². The molecule has 0 fully saturated rings. The summed E-state index contributed by atoms with van der Waals surface area (Å²) in [6.07, 6.45) is 0. The van der Waals surface area contributed by atoms with E-state index in [1.807, 2.05) is 10.6 Å². The van der Waals surface area contributed by atoms with Gasteiger partial charge in [0.15, 0.2) is 4.80 Å². The van der Waals surface area contributed by atoms with Gasteiger partial charge in [0.25, 0.3) is 15.9 Å². The van der Waals surface area contributed by atoms with Crippen LogP contribution in [-0.4, -0.2) is 52.7 Å². The molecule has 11 heteroatoms. The Bertz CT molecular complexity index is 1610. The molecule has 0 aliphatic heterocycles. The number of hydrogen-bond donors (Lipinski definition) is 0. The summed E-state index contributed by atoms with van der Waals surface area (Å²) in [4.78, 5) is 29.7. The van der Waals surface area contributed by atoms with Crippen LogP contribution in [0.4, 0.5) is 5.69 Å². The van der Waals surface area contributed by atoms with Crippen molar-refractivity contribution in [3.05, 3.63) is 88.7 Å². The number of para-hydroxylation sites is 1. The van der Waals surface area contributed by atoms with Gasteiger partial charge in [0.05, 0.1) is 40.1 Å². The van der Waals surface area contributed by atoms with E-state index in [1.165, 1.54) is 54.1 Å². The fraction of sp³-hybridized carbons (Fsp3) is 0.192. The second-order valence-corrected chi connectivity index (χ2v) is 10.9. The second-order valence-electron chi connectivity index (χ2n) is 7.95. The number of nitrogens with zero attached hydrogens (tertiary/aromatic N) is 3. The molecule has 0 atom stereocenters. The average molecular weight is 540 g/mol. The van der Waals surface area contributed by atoms with Crippen LogP contribution in [0.2, 0.25) is 0 Å². The number of fused-ring (bicyclic) bond motifs is 1. The Balaban J connectivity index is 1.67. The zero-order valence-corrected chi connectivity index (χ0v) is 22.1. The van der Waals surface area contributed by atoms with Gasteiger partial charge in [-0.2, -0.15) is 4.99 Å². The Kier molecular flexibility index (Phi) is 7.86. The number of hydrogen-bond acceptors (Lipinski definition) is 7. The van der Waals surface area contributed by atoms with Crippen molar-refractivity contribution >= 4 is 49.1 Å². The van der Waals surface area contributed by atoms with E-state index in [2.05, 4.69) is 4.99 Å². The lowest BCUT2D eigenvalue weighted by atomic mass is 10.2. The smallest absolute Gasteiger partial charge is 0.337 e. The van der Waals surface area contributed by atoms with Crippen LogP contribution in [0.15, 0.2) is 82.7 Å². The molecule has 0 unspecified atom stereocenters. The average Bonchev–Trinajstić information content (AvgIpc) is 3.27. The summed E-state index contributed by atoms with van der Waals surface area (Å²) in [5.41, 5.74) is 1.96. The summed E-state index contributed by atoms with van der Waals surface area (Å²) in [5, 5.41) is 0. The number of esters is 1. The lowest BCUT2D eigenvalue weighted by Crippen LogP contribution is -2.26. The lowest BCUT2D eigenvalue weighted by Gasteiger charge is -2.19. The summed E-state index contributed by atoms with van der Waals surface area (Å²) in [7, 11) is 0.569. The van der Waals surface area contributed by atoms with Gasteiger partial charge >= 0.3 is 5.97 Å². The summed E-state index contributed by atoms with van der Waals surface area (Å²) in [6, 6.07) is 19.5. The largest absolute Gasteiger partial charge is 0.465 e. The molecular weight excluding hydrogens is 514 g/mol. The van der Waals surface area contributed by atoms with Crippen LogP contribution in [0.5, 0.6) is 0 Å². The van der Waals surface area contributed by atoms with E-state index in [0.29, 0.717) is 29.2 Å². The van der Waals surface area contributed by atoms with Crippen molar-refractivity contribution in [2.24, 2.45) is 4.99 Å². The molecule has 0 spiro atoms. The maximum atomic E-state index is 13.0. The zero-order chi connectivity index (χ0) is 26.6. The molecule has 4 aromatic rings. The highest BCUT2D eigenvalue weighted by atomic mass is 32.2. The molecule has 3 aromatic carbocycles. The van der Waals surface area contributed by atoms with Gasteiger partial charge in [-0.05, 0) is 54.6 Å². The van der Waals surface area contributed by atoms with Crippen LogP contribution >= 0.6 is 11.3 Å². The summed E-state index contributed by atoms with van der Waals surface area (Å²) in [5.74, 6) is -0.979. The van der Waals surface area contributed by atoms with E-state index in [1.54, 1.807) is 49.6 Å². The van der Waals surface area contributed by atoms with Crippen LogP contribution in [0, 0.1) is 0 Å². The van der Waals surface area contributed by atoms with Crippen LogP contribution in [0.1, 0.15) is 20.7 Å². The number of benzene rings is 3. The highest BCUT2D eigenvalue weighted by molar-refractivity contribution is 7.92. The molecule has 0 aliphatic rings. The molecule has 1 heterocycles. The molecular formula is C26H25N3O6S2. The first-order valence-corrected chi connectivity index (χ1v) is 13.5. The second kappa shape index (κ2) is 11.1. The van der Waals surface area contributed by atoms with Gasteiger partial charge in [-0.25, -0.2) is 13.2 Å². The Labute approximate surface area is 218 Å². The SMILES string of the molecule is COCCn1c(=NC(=O)c2ccc(S(=O)(=O)N(C)c3ccccc3)cc2)sc2cc(C(=O)OC)ccc21. The molecule has 192 valence electrons. The van der Waals surface area contributed by atoms with E-state index in [4.69, 9.17) is 9.47 Å². The first-order chi connectivity index (χ1) is 17.8. The Morgan fingerprint density at radius 3 is 2.30 bits per heavy atom. The third kappa shape index (κ3) is 5.48. The van der Waals surface area contributed by atoms with Gasteiger partial charge in [-0.15, -0.1) is 0 Å². The van der Waals surface area contributed by atoms with E-state index in [9.17, 15) is 18.0 Å². The minimum Gasteiger partial charge on any atom is -0.465 e. The minimum atomic E-state index is -3.80. The molecule has 0 saturated heterocycles. The van der Waals surface area contributed by atoms with E-state index >= 15 is 0 Å². The highest BCUT2D eigenvalue weighted by Crippen LogP contribution is 2.23. The van der Waals surface area contributed by atoms with E-state index in [0.717, 1.165) is 10.2 Å². The fourth-order valence-corrected chi connectivity index (χ4v) is 5.95. The van der Waals surface area contributed by atoms with Gasteiger partial charge in [-0.3, -0.25) is 9.10 Å². The van der Waals surface area contributed by atoms with Crippen LogP contribution in [0.25, 0.3) is 10.2 Å². The topological polar surface area (TPSA) is 107 Å². The predicted octanol–water partition coefficient (Wildman–Crippen LogP) is 3.70. The van der Waals surface area contributed by atoms with E-state index < -0.39 is 21.9 Å². The zero-order valence-electron chi connectivity index (χ0n) is 20.5. The monoisotopic (exact) mass is 539 g/mol. The molecule has 0 N–H and O–H groups in total. The van der Waals surface area contributed by atoms with Crippen molar-refractivity contribution in [2.75, 3.05) is 32.2 Å². The van der Waals surface area contributed by atoms with E-state index in [-0.39, 0.29) is 10.5 Å². The van der Waals surface area contributed by atoms with Gasteiger partial charge < -0.3 is 14.0 Å². The lowest BCUT2D eigenvalue weighted by molar-refractivity contribution is 0.0600. The highest BCUT2D eigenvalue weighted by Gasteiger charge is 2.21. The van der Waals surface area contributed by atoms with Crippen LogP contribution < -0.4 is 9.11 Å². The standard InChI is InChI=1S/C26H25N3O6S2/c1-28(20-7-5-4-6-8-20)37(32,33)21-12-9-18(10-13-21)24(30)27-26-29(15-16-34-2)22-14-11-19(25(31)35-3)17-23(22)36-26/h4-14,17H,15-16H2,1-3H3. The maximum Gasteiger partial charge on any atom is 0.337 e. The maximum absolute atomic E-state index is 13.0. The van der Waals surface area contributed by atoms with Crippen molar-refractivity contribution in [1.82, 2.24) is 4.57 Å². The number of carbonyl (C=O) groups excluding carboxylic acids is 2. The molecule has 37 heavy (non-hydrogen) atoms. The number of carbonyl (C=O) groups is 2. The quantitative estimate of drug-likeness (QED) is 0.316. The van der Waals surface area contributed by atoms with Crippen molar-refractivity contribution in [1.29, 1.82) is 0 Å². The van der Waals surface area contributed by atoms with Crippen molar-refractivity contribution in [2.45, 2.75) is 11.4 Å². The molecule has 9 nitrogen and oxygen atoms in total. The number of thiazole rings is 1. The summed E-state index contributed by atoms with van der Waals surface area (Å²) >= 11 is 1.26. The summed E-state index contributed by atoms with van der Waals surface area (Å²) < 4.78 is 39.8. The van der Waals surface area contributed by atoms with Gasteiger partial charge in [0.1, 0.15) is 0 Å². The molecule has 0 aliphatic carbocycles. The Morgan fingerprint density at radius 1 is 0.973 bits per heavy atom. The minimum absolute atomic E-state index is 0.0581. The number of sulfonamides is 1. The Hall–Kier alpha value is -3.80. The van der Waals surface area contributed by atoms with Crippen molar-refractivity contribution in [3.8, 4) is 0 Å². The third-order valence-electron chi connectivity index (χ3n) is 5.70. The molecule has 0 saturated carbocycles. The van der Waals surface area contributed by atoms with Gasteiger partial charge in [-0.1, -0.05) is 29.5 Å². The number of amides is 1. The van der Waals surface area contributed by atoms with Gasteiger partial charge in [0, 0.05) is 26.3 Å². The molecule has 0 radical (unpaired) electrons. The molecule has 4 rings (SSSR count). The predicted molar refractivity (Wildman–Crippen MR) is 141 cm³/mol. The number of anilines is 1. The molecule has 0 bridgehead atoms. The first-order valence-electron chi connectivity index (χ1n) is 11.2. The number of rotatable bonds is 8. The normalized spacial score (nSPS) is 12.0. The number of methoxy groups -OCH3 is 2. The summed E-state index contributed by atoms with van der Waals surface area (Å²) in [6.45, 7) is 0.844. The van der Waals surface area contributed by atoms with Gasteiger partial charge in [0.2, 0.25) is 0 Å². The van der Waals surface area contributed by atoms with Crippen LogP contribution in [-0.2, 0) is 26.0 Å². The number of aromatic nitrogens is 1. The molecule has 1 aromatic heterocycles. The van der Waals surface area contributed by atoms with Crippen molar-refractivity contribution in [3.63, 3.8) is 0 Å². The fourth-order valence-electron chi connectivity index (χ4n) is 3.66.